The molecule has 90 valence electrons. The molecule has 0 aliphatic heterocycles. The van der Waals surface area contributed by atoms with Gasteiger partial charge in [0.1, 0.15) is 5.82 Å². The first-order chi connectivity index (χ1) is 7.68. The van der Waals surface area contributed by atoms with Gasteiger partial charge in [0.2, 0.25) is 0 Å². The van der Waals surface area contributed by atoms with Gasteiger partial charge in [0.25, 0.3) is 0 Å². The van der Waals surface area contributed by atoms with E-state index in [1.165, 1.54) is 43.6 Å². The number of aryl methyl sites for hydroxylation is 1. The van der Waals surface area contributed by atoms with Gasteiger partial charge in [-0.1, -0.05) is 19.3 Å². The third-order valence-electron chi connectivity index (χ3n) is 3.50. The van der Waals surface area contributed by atoms with Gasteiger partial charge in [0.15, 0.2) is 0 Å². The van der Waals surface area contributed by atoms with E-state index >= 15 is 0 Å². The van der Waals surface area contributed by atoms with E-state index < -0.39 is 0 Å². The van der Waals surface area contributed by atoms with E-state index in [2.05, 4.69) is 23.4 Å². The molecule has 1 aromatic rings. The first kappa shape index (κ1) is 11.6. The van der Waals surface area contributed by atoms with Gasteiger partial charge in [0, 0.05) is 30.4 Å². The summed E-state index contributed by atoms with van der Waals surface area (Å²) in [4.78, 5) is 4.51. The Morgan fingerprint density at radius 1 is 1.44 bits per heavy atom. The predicted octanol–water partition coefficient (Wildman–Crippen LogP) is 2.59. The molecule has 2 N–H and O–H groups in total. The zero-order valence-corrected chi connectivity index (χ0v) is 10.4. The molecule has 1 unspecified atom stereocenters. The van der Waals surface area contributed by atoms with E-state index in [-0.39, 0.29) is 6.04 Å². The van der Waals surface area contributed by atoms with Crippen LogP contribution in [0.5, 0.6) is 0 Å². The van der Waals surface area contributed by atoms with Crippen LogP contribution in [-0.2, 0) is 6.42 Å². The fourth-order valence-corrected chi connectivity index (χ4v) is 2.77. The molecule has 0 amide bonds. The molecule has 0 aromatic carbocycles. The molecule has 0 bridgehead atoms. The Balaban J connectivity index is 2.19. The summed E-state index contributed by atoms with van der Waals surface area (Å²) in [5.41, 5.74) is 7.17. The molecule has 0 radical (unpaired) electrons. The summed E-state index contributed by atoms with van der Waals surface area (Å²) in [6.07, 6.45) is 9.62. The summed E-state index contributed by atoms with van der Waals surface area (Å²) in [5.74, 6) is 1.18. The largest absolute Gasteiger partial charge is 0.329 e. The molecule has 1 atom stereocenters. The normalized spacial score (nSPS) is 19.9. The monoisotopic (exact) mass is 221 g/mol. The molecule has 1 saturated carbocycles. The van der Waals surface area contributed by atoms with Crippen LogP contribution in [0.2, 0.25) is 0 Å². The van der Waals surface area contributed by atoms with E-state index in [0.29, 0.717) is 6.04 Å². The van der Waals surface area contributed by atoms with Gasteiger partial charge in [-0.25, -0.2) is 4.98 Å². The summed E-state index contributed by atoms with van der Waals surface area (Å²) in [6.45, 7) is 4.21. The van der Waals surface area contributed by atoms with Gasteiger partial charge in [0.05, 0.1) is 0 Å². The lowest BCUT2D eigenvalue weighted by molar-refractivity contribution is 0.340. The molecule has 1 heterocycles. The Labute approximate surface area is 98.1 Å². The summed E-state index contributed by atoms with van der Waals surface area (Å²) < 4.78 is 2.43. The highest BCUT2D eigenvalue weighted by molar-refractivity contribution is 5.07. The highest BCUT2D eigenvalue weighted by atomic mass is 15.1. The molecule has 1 fully saturated rings. The minimum atomic E-state index is 0.198. The average molecular weight is 221 g/mol. The lowest BCUT2D eigenvalue weighted by Gasteiger charge is -2.26. The smallest absolute Gasteiger partial charge is 0.110 e. The molecule has 0 saturated heterocycles. The van der Waals surface area contributed by atoms with Crippen molar-refractivity contribution >= 4 is 0 Å². The molecular formula is C13H23N3. The van der Waals surface area contributed by atoms with Crippen LogP contribution in [-0.4, -0.2) is 15.6 Å². The first-order valence-corrected chi connectivity index (χ1v) is 6.46. The van der Waals surface area contributed by atoms with Crippen molar-refractivity contribution in [2.45, 2.75) is 64.5 Å². The van der Waals surface area contributed by atoms with E-state index in [4.69, 9.17) is 5.73 Å². The van der Waals surface area contributed by atoms with Crippen LogP contribution >= 0.6 is 0 Å². The van der Waals surface area contributed by atoms with Gasteiger partial charge in [-0.15, -0.1) is 0 Å². The minimum absolute atomic E-state index is 0.198. The molecule has 0 spiro atoms. The molecule has 3 heteroatoms. The van der Waals surface area contributed by atoms with Crippen molar-refractivity contribution in [3.05, 3.63) is 17.7 Å². The topological polar surface area (TPSA) is 43.8 Å². The van der Waals surface area contributed by atoms with Gasteiger partial charge in [-0.3, -0.25) is 0 Å². The van der Waals surface area contributed by atoms with Crippen molar-refractivity contribution in [1.82, 2.24) is 9.55 Å². The maximum absolute atomic E-state index is 5.88. The van der Waals surface area contributed by atoms with Crippen molar-refractivity contribution in [2.24, 2.45) is 5.73 Å². The summed E-state index contributed by atoms with van der Waals surface area (Å²) in [6, 6.07) is 0.870. The zero-order chi connectivity index (χ0) is 11.5. The second kappa shape index (κ2) is 5.00. The number of imidazole rings is 1. The Hall–Kier alpha value is -0.830. The van der Waals surface area contributed by atoms with Gasteiger partial charge in [-0.2, -0.15) is 0 Å². The average Bonchev–Trinajstić information content (AvgIpc) is 2.60. The zero-order valence-electron chi connectivity index (χ0n) is 10.4. The van der Waals surface area contributed by atoms with E-state index in [9.17, 15) is 0 Å². The number of hydrogen-bond donors (Lipinski definition) is 1. The first-order valence-electron chi connectivity index (χ1n) is 6.46. The number of nitrogens with zero attached hydrogens (tertiary/aromatic N) is 2. The SMILES string of the molecule is Cc1cnc(CC(C)N)n1C1CCCCC1. The van der Waals surface area contributed by atoms with Crippen molar-refractivity contribution in [2.75, 3.05) is 0 Å². The third kappa shape index (κ3) is 2.46. The highest BCUT2D eigenvalue weighted by Crippen LogP contribution is 2.30. The summed E-state index contributed by atoms with van der Waals surface area (Å²) in [7, 11) is 0. The lowest BCUT2D eigenvalue weighted by atomic mass is 9.95. The van der Waals surface area contributed by atoms with Crippen LogP contribution in [0, 0.1) is 6.92 Å². The number of hydrogen-bond acceptors (Lipinski definition) is 2. The van der Waals surface area contributed by atoms with Crippen molar-refractivity contribution in [1.29, 1.82) is 0 Å². The fraction of sp³-hybridized carbons (Fsp3) is 0.769. The van der Waals surface area contributed by atoms with Crippen LogP contribution < -0.4 is 5.73 Å². The highest BCUT2D eigenvalue weighted by Gasteiger charge is 2.20. The molecule has 1 aliphatic rings. The van der Waals surface area contributed by atoms with Crippen LogP contribution in [0.3, 0.4) is 0 Å². The van der Waals surface area contributed by atoms with Crippen LogP contribution in [0.4, 0.5) is 0 Å². The second-order valence-electron chi connectivity index (χ2n) is 5.16. The molecule has 1 aromatic heterocycles. The Bertz CT molecular complexity index is 335. The number of aromatic nitrogens is 2. The second-order valence-corrected chi connectivity index (χ2v) is 5.16. The van der Waals surface area contributed by atoms with Gasteiger partial charge >= 0.3 is 0 Å². The molecule has 16 heavy (non-hydrogen) atoms. The van der Waals surface area contributed by atoms with Crippen LogP contribution in [0.25, 0.3) is 0 Å². The maximum Gasteiger partial charge on any atom is 0.110 e. The minimum Gasteiger partial charge on any atom is -0.329 e. The van der Waals surface area contributed by atoms with Crippen LogP contribution in [0.15, 0.2) is 6.20 Å². The van der Waals surface area contributed by atoms with Crippen molar-refractivity contribution in [3.63, 3.8) is 0 Å². The van der Waals surface area contributed by atoms with Crippen LogP contribution in [0.1, 0.15) is 56.6 Å². The maximum atomic E-state index is 5.88. The number of rotatable bonds is 3. The van der Waals surface area contributed by atoms with Crippen molar-refractivity contribution < 1.29 is 0 Å². The summed E-state index contributed by atoms with van der Waals surface area (Å²) in [5, 5.41) is 0. The predicted molar refractivity (Wildman–Crippen MR) is 66.4 cm³/mol. The van der Waals surface area contributed by atoms with Gasteiger partial charge in [-0.05, 0) is 26.7 Å². The Kier molecular flexibility index (Phi) is 3.64. The van der Waals surface area contributed by atoms with E-state index in [1.54, 1.807) is 0 Å². The molecular weight excluding hydrogens is 198 g/mol. The fourth-order valence-electron chi connectivity index (χ4n) is 2.77. The van der Waals surface area contributed by atoms with E-state index in [0.717, 1.165) is 6.42 Å². The summed E-state index contributed by atoms with van der Waals surface area (Å²) >= 11 is 0. The van der Waals surface area contributed by atoms with Gasteiger partial charge < -0.3 is 10.3 Å². The standard InChI is InChI=1S/C13H23N3/c1-10(14)8-13-15-9-11(2)16(13)12-6-4-3-5-7-12/h9-10,12H,3-8,14H2,1-2H3. The molecule has 1 aliphatic carbocycles. The Morgan fingerprint density at radius 2 is 2.12 bits per heavy atom. The van der Waals surface area contributed by atoms with E-state index in [1.807, 2.05) is 6.20 Å². The van der Waals surface area contributed by atoms with Crippen molar-refractivity contribution in [3.8, 4) is 0 Å². The third-order valence-corrected chi connectivity index (χ3v) is 3.50. The number of nitrogens with two attached hydrogens (primary N) is 1. The molecule has 3 nitrogen and oxygen atoms in total. The Morgan fingerprint density at radius 3 is 2.75 bits per heavy atom. The molecule has 2 rings (SSSR count). The quantitative estimate of drug-likeness (QED) is 0.852. The lowest BCUT2D eigenvalue weighted by Crippen LogP contribution is -2.23.